The van der Waals surface area contributed by atoms with Crippen LogP contribution in [0.1, 0.15) is 27.3 Å². The van der Waals surface area contributed by atoms with Crippen LogP contribution in [-0.2, 0) is 12.8 Å². The lowest BCUT2D eigenvalue weighted by Crippen LogP contribution is -2.32. The zero-order chi connectivity index (χ0) is 18.1. The summed E-state index contributed by atoms with van der Waals surface area (Å²) < 4.78 is 20.4. The SMILES string of the molecule is COc1ncc(Cc2cc(-n3ncc4c3CCNC4=O)ccn2)cc1F. The van der Waals surface area contributed by atoms with E-state index >= 15 is 0 Å². The van der Waals surface area contributed by atoms with Crippen molar-refractivity contribution in [2.45, 2.75) is 12.8 Å². The molecule has 1 aliphatic heterocycles. The second kappa shape index (κ2) is 6.55. The molecular formula is C18H16FN5O2. The van der Waals surface area contributed by atoms with Crippen LogP contribution in [0.25, 0.3) is 5.69 Å². The van der Waals surface area contributed by atoms with E-state index in [1.165, 1.54) is 13.2 Å². The third kappa shape index (κ3) is 2.90. The topological polar surface area (TPSA) is 81.9 Å². The third-order valence-corrected chi connectivity index (χ3v) is 4.25. The lowest BCUT2D eigenvalue weighted by atomic mass is 10.1. The summed E-state index contributed by atoms with van der Waals surface area (Å²) in [5, 5.41) is 7.15. The number of nitrogens with zero attached hydrogens (tertiary/aromatic N) is 4. The van der Waals surface area contributed by atoms with Crippen LogP contribution in [-0.4, -0.2) is 39.3 Å². The van der Waals surface area contributed by atoms with E-state index in [1.807, 2.05) is 12.1 Å². The fourth-order valence-corrected chi connectivity index (χ4v) is 3.03. The monoisotopic (exact) mass is 353 g/mol. The van der Waals surface area contributed by atoms with Crippen molar-refractivity contribution in [1.82, 2.24) is 25.1 Å². The maximum absolute atomic E-state index is 13.8. The minimum Gasteiger partial charge on any atom is -0.479 e. The Morgan fingerprint density at radius 3 is 3.00 bits per heavy atom. The molecule has 0 aromatic carbocycles. The van der Waals surface area contributed by atoms with Crippen LogP contribution in [0, 0.1) is 5.82 Å². The van der Waals surface area contributed by atoms with Crippen LogP contribution >= 0.6 is 0 Å². The minimum atomic E-state index is -0.506. The van der Waals surface area contributed by atoms with E-state index < -0.39 is 5.82 Å². The Bertz CT molecular complexity index is 985. The second-order valence-corrected chi connectivity index (χ2v) is 5.94. The molecule has 132 valence electrons. The van der Waals surface area contributed by atoms with Crippen LogP contribution in [0.4, 0.5) is 4.39 Å². The molecule has 4 rings (SSSR count). The third-order valence-electron chi connectivity index (χ3n) is 4.25. The first-order valence-electron chi connectivity index (χ1n) is 8.14. The molecule has 0 saturated carbocycles. The summed E-state index contributed by atoms with van der Waals surface area (Å²) in [7, 11) is 1.38. The number of nitrogens with one attached hydrogen (secondary N) is 1. The van der Waals surface area contributed by atoms with Crippen molar-refractivity contribution in [3.63, 3.8) is 0 Å². The molecule has 0 radical (unpaired) electrons. The van der Waals surface area contributed by atoms with Gasteiger partial charge in [-0.1, -0.05) is 0 Å². The van der Waals surface area contributed by atoms with Gasteiger partial charge in [0.1, 0.15) is 0 Å². The van der Waals surface area contributed by atoms with Crippen LogP contribution in [0.2, 0.25) is 0 Å². The number of pyridine rings is 2. The van der Waals surface area contributed by atoms with Gasteiger partial charge in [-0.2, -0.15) is 5.10 Å². The summed E-state index contributed by atoms with van der Waals surface area (Å²) in [5.74, 6) is -0.642. The van der Waals surface area contributed by atoms with Crippen LogP contribution in [0.5, 0.6) is 5.88 Å². The molecule has 26 heavy (non-hydrogen) atoms. The van der Waals surface area contributed by atoms with Gasteiger partial charge in [0.05, 0.1) is 30.3 Å². The number of halogens is 1. The van der Waals surface area contributed by atoms with Crippen molar-refractivity contribution >= 4 is 5.91 Å². The van der Waals surface area contributed by atoms with Gasteiger partial charge in [-0.3, -0.25) is 9.78 Å². The Morgan fingerprint density at radius 1 is 1.31 bits per heavy atom. The second-order valence-electron chi connectivity index (χ2n) is 5.94. The Labute approximate surface area is 148 Å². The Morgan fingerprint density at radius 2 is 2.19 bits per heavy atom. The number of methoxy groups -OCH3 is 1. The van der Waals surface area contributed by atoms with Gasteiger partial charge >= 0.3 is 0 Å². The Hall–Kier alpha value is -3.29. The molecule has 0 aliphatic carbocycles. The summed E-state index contributed by atoms with van der Waals surface area (Å²) in [6, 6.07) is 5.10. The number of ether oxygens (including phenoxy) is 1. The normalized spacial score (nSPS) is 13.2. The van der Waals surface area contributed by atoms with Crippen molar-refractivity contribution in [2.24, 2.45) is 0 Å². The molecule has 0 spiro atoms. The quantitative estimate of drug-likeness (QED) is 0.772. The molecule has 1 amide bonds. The number of carbonyl (C=O) groups is 1. The van der Waals surface area contributed by atoms with Crippen LogP contribution < -0.4 is 10.1 Å². The smallest absolute Gasteiger partial charge is 0.254 e. The van der Waals surface area contributed by atoms with E-state index in [2.05, 4.69) is 20.4 Å². The maximum atomic E-state index is 13.8. The highest BCUT2D eigenvalue weighted by molar-refractivity contribution is 5.96. The van der Waals surface area contributed by atoms with Gasteiger partial charge in [-0.15, -0.1) is 0 Å². The van der Waals surface area contributed by atoms with Crippen LogP contribution in [0.3, 0.4) is 0 Å². The predicted molar refractivity (Wildman–Crippen MR) is 90.9 cm³/mol. The molecule has 7 nitrogen and oxygen atoms in total. The van der Waals surface area contributed by atoms with Crippen molar-refractivity contribution in [1.29, 1.82) is 0 Å². The lowest BCUT2D eigenvalue weighted by molar-refractivity contribution is 0.0945. The zero-order valence-corrected chi connectivity index (χ0v) is 14.1. The van der Waals surface area contributed by atoms with E-state index in [-0.39, 0.29) is 11.8 Å². The molecule has 0 atom stereocenters. The summed E-state index contributed by atoms with van der Waals surface area (Å²) >= 11 is 0. The van der Waals surface area contributed by atoms with Gasteiger partial charge in [0.15, 0.2) is 5.82 Å². The average molecular weight is 353 g/mol. The summed E-state index contributed by atoms with van der Waals surface area (Å²) in [4.78, 5) is 20.2. The van der Waals surface area contributed by atoms with Crippen LogP contribution in [0.15, 0.2) is 36.8 Å². The predicted octanol–water partition coefficient (Wildman–Crippen LogP) is 1.69. The van der Waals surface area contributed by atoms with Gasteiger partial charge in [0.2, 0.25) is 5.88 Å². The lowest BCUT2D eigenvalue weighted by Gasteiger charge is -2.15. The minimum absolute atomic E-state index is 0.0306. The van der Waals surface area contributed by atoms with E-state index in [0.29, 0.717) is 30.5 Å². The fourth-order valence-electron chi connectivity index (χ4n) is 3.03. The largest absolute Gasteiger partial charge is 0.479 e. The van der Waals surface area contributed by atoms with E-state index in [4.69, 9.17) is 4.74 Å². The van der Waals surface area contributed by atoms with Crippen molar-refractivity contribution in [3.8, 4) is 11.6 Å². The Balaban J connectivity index is 1.64. The molecule has 0 bridgehead atoms. The standard InChI is InChI=1S/C18H16FN5O2/c1-26-18-15(19)7-11(9-22-18)6-12-8-13(2-4-20-12)24-16-3-5-21-17(25)14(16)10-23-24/h2,4,7-10H,3,5-6H2,1H3,(H,21,25). The molecular weight excluding hydrogens is 337 g/mol. The van der Waals surface area contributed by atoms with Gasteiger partial charge in [0.25, 0.3) is 5.91 Å². The molecule has 1 aliphatic rings. The molecule has 8 heteroatoms. The summed E-state index contributed by atoms with van der Waals surface area (Å²) in [5.41, 5.74) is 3.72. The zero-order valence-electron chi connectivity index (χ0n) is 14.1. The number of amides is 1. The molecule has 0 fully saturated rings. The number of carbonyl (C=O) groups excluding carboxylic acids is 1. The maximum Gasteiger partial charge on any atom is 0.254 e. The number of hydrogen-bond acceptors (Lipinski definition) is 5. The number of hydrogen-bond donors (Lipinski definition) is 1. The van der Waals surface area contributed by atoms with Gasteiger partial charge in [0, 0.05) is 37.5 Å². The van der Waals surface area contributed by atoms with Crippen molar-refractivity contribution in [2.75, 3.05) is 13.7 Å². The van der Waals surface area contributed by atoms with Crippen molar-refractivity contribution < 1.29 is 13.9 Å². The first-order chi connectivity index (χ1) is 12.7. The summed E-state index contributed by atoms with van der Waals surface area (Å²) in [6.45, 7) is 0.590. The number of rotatable bonds is 4. The van der Waals surface area contributed by atoms with Gasteiger partial charge in [-0.25, -0.2) is 14.1 Å². The van der Waals surface area contributed by atoms with Gasteiger partial charge in [-0.05, 0) is 23.8 Å². The Kier molecular flexibility index (Phi) is 4.08. The molecule has 3 aromatic rings. The van der Waals surface area contributed by atoms with Gasteiger partial charge < -0.3 is 10.1 Å². The fraction of sp³-hybridized carbons (Fsp3) is 0.222. The van der Waals surface area contributed by atoms with E-state index in [0.717, 1.165) is 17.1 Å². The van der Waals surface area contributed by atoms with Crippen molar-refractivity contribution in [3.05, 3.63) is 65.1 Å². The highest BCUT2D eigenvalue weighted by Crippen LogP contribution is 2.20. The average Bonchev–Trinajstić information content (AvgIpc) is 3.08. The van der Waals surface area contributed by atoms with E-state index in [1.54, 1.807) is 23.3 Å². The highest BCUT2D eigenvalue weighted by atomic mass is 19.1. The summed E-state index contributed by atoms with van der Waals surface area (Å²) in [6.07, 6.45) is 5.95. The molecule has 3 aromatic heterocycles. The molecule has 1 N–H and O–H groups in total. The molecule has 0 saturated heterocycles. The highest BCUT2D eigenvalue weighted by Gasteiger charge is 2.22. The molecule has 4 heterocycles. The number of fused-ring (bicyclic) bond motifs is 1. The number of aromatic nitrogens is 4. The first kappa shape index (κ1) is 16.2. The van der Waals surface area contributed by atoms with E-state index in [9.17, 15) is 9.18 Å². The molecule has 0 unspecified atom stereocenters. The first-order valence-corrected chi connectivity index (χ1v) is 8.14.